The zero-order valence-electron chi connectivity index (χ0n) is 15.3. The lowest BCUT2D eigenvalue weighted by Gasteiger charge is -2.47. The van der Waals surface area contributed by atoms with Gasteiger partial charge in [-0.05, 0) is 51.9 Å². The van der Waals surface area contributed by atoms with E-state index in [0.717, 1.165) is 38.8 Å². The Morgan fingerprint density at radius 3 is 2.16 bits per heavy atom. The summed E-state index contributed by atoms with van der Waals surface area (Å²) in [6.45, 7) is 8.52. The van der Waals surface area contributed by atoms with Gasteiger partial charge in [0, 0.05) is 26.2 Å². The fourth-order valence-corrected chi connectivity index (χ4v) is 3.85. The van der Waals surface area contributed by atoms with Gasteiger partial charge in [0.15, 0.2) is 0 Å². The molecular weight excluding hydrogens is 327 g/mol. The lowest BCUT2D eigenvalue weighted by molar-refractivity contribution is -0.137. The monoisotopic (exact) mass is 354 g/mol. The summed E-state index contributed by atoms with van der Waals surface area (Å²) in [4.78, 5) is 27.1. The molecule has 0 aromatic heterocycles. The van der Waals surface area contributed by atoms with E-state index < -0.39 is 17.4 Å². The van der Waals surface area contributed by atoms with Crippen molar-refractivity contribution in [2.45, 2.75) is 52.1 Å². The molecule has 2 saturated heterocycles. The Kier molecular flexibility index (Phi) is 4.68. The van der Waals surface area contributed by atoms with E-state index in [-0.39, 0.29) is 18.1 Å². The number of hydrogen-bond acceptors (Lipinski definition) is 5. The molecule has 3 rings (SSSR count). The highest BCUT2D eigenvalue weighted by Crippen LogP contribution is 2.42. The van der Waals surface area contributed by atoms with Crippen LogP contribution in [0, 0.1) is 5.41 Å². The van der Waals surface area contributed by atoms with Gasteiger partial charge in [0.05, 0.1) is 5.70 Å². The standard InChI is InChI=1S/C18H27FN2O4/c1-17(2,3)25-16(23)21-10-6-18(7-11-21)4-8-20(9-5-18)13-12-24-15(22)14(13)19/h4-12H2,1-3H3. The zero-order chi connectivity index (χ0) is 18.2. The van der Waals surface area contributed by atoms with Crippen molar-refractivity contribution in [1.29, 1.82) is 0 Å². The summed E-state index contributed by atoms with van der Waals surface area (Å²) >= 11 is 0. The number of ether oxygens (including phenoxy) is 2. The van der Waals surface area contributed by atoms with Gasteiger partial charge in [-0.2, -0.15) is 4.39 Å². The van der Waals surface area contributed by atoms with Gasteiger partial charge in [-0.1, -0.05) is 0 Å². The van der Waals surface area contributed by atoms with Crippen molar-refractivity contribution in [1.82, 2.24) is 9.80 Å². The molecule has 140 valence electrons. The van der Waals surface area contributed by atoms with E-state index in [1.54, 1.807) is 4.90 Å². The molecule has 2 fully saturated rings. The predicted octanol–water partition coefficient (Wildman–Crippen LogP) is 2.84. The summed E-state index contributed by atoms with van der Waals surface area (Å²) in [5.41, 5.74) is 0.122. The summed E-state index contributed by atoms with van der Waals surface area (Å²) in [6, 6.07) is 0. The van der Waals surface area contributed by atoms with Crippen LogP contribution in [0.15, 0.2) is 11.5 Å². The van der Waals surface area contributed by atoms with Crippen molar-refractivity contribution in [3.05, 3.63) is 11.5 Å². The fourth-order valence-electron chi connectivity index (χ4n) is 3.85. The number of esters is 1. The van der Waals surface area contributed by atoms with E-state index in [4.69, 9.17) is 9.47 Å². The molecule has 0 aromatic carbocycles. The molecule has 0 atom stereocenters. The van der Waals surface area contributed by atoms with Crippen LogP contribution in [0.2, 0.25) is 0 Å². The van der Waals surface area contributed by atoms with E-state index in [9.17, 15) is 14.0 Å². The second kappa shape index (κ2) is 6.50. The highest BCUT2D eigenvalue weighted by molar-refractivity contribution is 5.89. The van der Waals surface area contributed by atoms with Crippen LogP contribution < -0.4 is 0 Å². The molecule has 1 amide bonds. The van der Waals surface area contributed by atoms with Crippen LogP contribution in [0.3, 0.4) is 0 Å². The van der Waals surface area contributed by atoms with Crippen molar-refractivity contribution in [3.63, 3.8) is 0 Å². The maximum atomic E-state index is 13.8. The number of nitrogens with zero attached hydrogens (tertiary/aromatic N) is 2. The van der Waals surface area contributed by atoms with Crippen molar-refractivity contribution in [2.24, 2.45) is 5.41 Å². The number of halogens is 1. The minimum atomic E-state index is -0.846. The highest BCUT2D eigenvalue weighted by atomic mass is 19.1. The normalized spacial score (nSPS) is 23.9. The van der Waals surface area contributed by atoms with E-state index >= 15 is 0 Å². The smallest absolute Gasteiger partial charge is 0.410 e. The number of carbonyl (C=O) groups is 2. The Labute approximate surface area is 147 Å². The van der Waals surface area contributed by atoms with Crippen molar-refractivity contribution in [2.75, 3.05) is 32.8 Å². The van der Waals surface area contributed by atoms with Crippen molar-refractivity contribution in [3.8, 4) is 0 Å². The average Bonchev–Trinajstić information content (AvgIpc) is 2.87. The van der Waals surface area contributed by atoms with Crippen LogP contribution in [-0.4, -0.2) is 60.2 Å². The minimum absolute atomic E-state index is 0.0457. The second-order valence-corrected chi connectivity index (χ2v) is 8.29. The molecule has 0 N–H and O–H groups in total. The Morgan fingerprint density at radius 2 is 1.68 bits per heavy atom. The third kappa shape index (κ3) is 3.90. The van der Waals surface area contributed by atoms with Gasteiger partial charge in [-0.15, -0.1) is 0 Å². The zero-order valence-corrected chi connectivity index (χ0v) is 15.3. The van der Waals surface area contributed by atoms with E-state index in [2.05, 4.69) is 0 Å². The molecule has 0 saturated carbocycles. The number of hydrogen-bond donors (Lipinski definition) is 0. The molecule has 3 aliphatic rings. The van der Waals surface area contributed by atoms with Gasteiger partial charge in [-0.25, -0.2) is 9.59 Å². The predicted molar refractivity (Wildman–Crippen MR) is 89.4 cm³/mol. The van der Waals surface area contributed by atoms with Gasteiger partial charge in [-0.3, -0.25) is 0 Å². The van der Waals surface area contributed by atoms with Crippen LogP contribution in [0.1, 0.15) is 46.5 Å². The molecule has 25 heavy (non-hydrogen) atoms. The summed E-state index contributed by atoms with van der Waals surface area (Å²) < 4.78 is 24.0. The molecule has 0 aromatic rings. The number of cyclic esters (lactones) is 1. The number of likely N-dealkylation sites (tertiary alicyclic amines) is 2. The third-order valence-corrected chi connectivity index (χ3v) is 5.45. The Bertz CT molecular complexity index is 578. The molecule has 7 heteroatoms. The van der Waals surface area contributed by atoms with E-state index in [0.29, 0.717) is 18.8 Å². The van der Waals surface area contributed by atoms with Crippen LogP contribution in [0.25, 0.3) is 0 Å². The number of piperidine rings is 2. The quantitative estimate of drug-likeness (QED) is 0.678. The lowest BCUT2D eigenvalue weighted by atomic mass is 9.71. The van der Waals surface area contributed by atoms with Crippen LogP contribution in [0.4, 0.5) is 9.18 Å². The maximum Gasteiger partial charge on any atom is 0.410 e. The van der Waals surface area contributed by atoms with Gasteiger partial charge in [0.25, 0.3) is 0 Å². The Morgan fingerprint density at radius 1 is 1.12 bits per heavy atom. The van der Waals surface area contributed by atoms with E-state index in [1.807, 2.05) is 25.7 Å². The summed E-state index contributed by atoms with van der Waals surface area (Å²) in [6.07, 6.45) is 3.53. The van der Waals surface area contributed by atoms with Crippen molar-refractivity contribution < 1.29 is 23.5 Å². The molecular formula is C18H27FN2O4. The third-order valence-electron chi connectivity index (χ3n) is 5.45. The summed E-state index contributed by atoms with van der Waals surface area (Å²) in [5.74, 6) is -1.59. The van der Waals surface area contributed by atoms with Crippen LogP contribution >= 0.6 is 0 Å². The first-order chi connectivity index (χ1) is 11.7. The number of rotatable bonds is 1. The molecule has 0 unspecified atom stereocenters. The molecule has 0 radical (unpaired) electrons. The van der Waals surface area contributed by atoms with Gasteiger partial charge >= 0.3 is 12.1 Å². The van der Waals surface area contributed by atoms with Crippen molar-refractivity contribution >= 4 is 12.1 Å². The topological polar surface area (TPSA) is 59.1 Å². The average molecular weight is 354 g/mol. The van der Waals surface area contributed by atoms with Gasteiger partial charge < -0.3 is 19.3 Å². The molecule has 3 heterocycles. The number of amides is 1. The molecule has 3 aliphatic heterocycles. The largest absolute Gasteiger partial charge is 0.454 e. The molecule has 1 spiro atoms. The molecule has 0 bridgehead atoms. The highest BCUT2D eigenvalue weighted by Gasteiger charge is 2.41. The first kappa shape index (κ1) is 18.0. The number of carbonyl (C=O) groups excluding carboxylic acids is 2. The van der Waals surface area contributed by atoms with E-state index in [1.165, 1.54) is 0 Å². The summed E-state index contributed by atoms with van der Waals surface area (Å²) in [5, 5.41) is 0. The molecule has 0 aliphatic carbocycles. The van der Waals surface area contributed by atoms with Gasteiger partial charge in [0.1, 0.15) is 12.2 Å². The molecule has 6 nitrogen and oxygen atoms in total. The lowest BCUT2D eigenvalue weighted by Crippen LogP contribution is -2.49. The Balaban J connectivity index is 1.52. The van der Waals surface area contributed by atoms with Crippen LogP contribution in [0.5, 0.6) is 0 Å². The Hall–Kier alpha value is -1.79. The maximum absolute atomic E-state index is 13.8. The SMILES string of the molecule is CC(C)(C)OC(=O)N1CCC2(CC1)CCN(C1=C(F)C(=O)OC1)CC2. The van der Waals surface area contributed by atoms with Crippen LogP contribution in [-0.2, 0) is 14.3 Å². The van der Waals surface area contributed by atoms with Gasteiger partial charge in [0.2, 0.25) is 5.83 Å². The first-order valence-electron chi connectivity index (χ1n) is 8.98. The first-order valence-corrected chi connectivity index (χ1v) is 8.98. The minimum Gasteiger partial charge on any atom is -0.454 e. The second-order valence-electron chi connectivity index (χ2n) is 8.29. The fraction of sp³-hybridized carbons (Fsp3) is 0.778. The summed E-state index contributed by atoms with van der Waals surface area (Å²) in [7, 11) is 0.